The van der Waals surface area contributed by atoms with E-state index in [0.717, 1.165) is 38.5 Å². The molecule has 0 bridgehead atoms. The first-order valence-corrected chi connectivity index (χ1v) is 8.44. The largest absolute Gasteiger partial charge is 0.481 e. The van der Waals surface area contributed by atoms with Gasteiger partial charge in [-0.15, -0.1) is 0 Å². The molecule has 6 nitrogen and oxygen atoms in total. The van der Waals surface area contributed by atoms with Gasteiger partial charge in [-0.05, 0) is 44.9 Å². The molecule has 2 amide bonds. The number of aliphatic hydroxyl groups excluding tert-OH is 1. The molecule has 1 saturated carbocycles. The zero-order chi connectivity index (χ0) is 16.2. The minimum absolute atomic E-state index is 0.0139. The highest BCUT2D eigenvalue weighted by atomic mass is 16.4. The Labute approximate surface area is 131 Å². The molecular weight excluding hydrogens is 284 g/mol. The SMILES string of the molecule is CCCC1(CO)CCCN1C(=O)NC1CCC(C(=O)O)CC1. The Kier molecular flexibility index (Phi) is 5.67. The summed E-state index contributed by atoms with van der Waals surface area (Å²) in [5.74, 6) is -0.997. The second-order valence-corrected chi connectivity index (χ2v) is 6.72. The number of nitrogens with zero attached hydrogens (tertiary/aromatic N) is 1. The number of nitrogens with one attached hydrogen (secondary N) is 1. The van der Waals surface area contributed by atoms with E-state index in [1.807, 2.05) is 0 Å². The molecule has 1 aliphatic carbocycles. The van der Waals surface area contributed by atoms with E-state index in [1.165, 1.54) is 0 Å². The minimum Gasteiger partial charge on any atom is -0.481 e. The first-order valence-electron chi connectivity index (χ1n) is 8.44. The van der Waals surface area contributed by atoms with Crippen LogP contribution in [0.3, 0.4) is 0 Å². The summed E-state index contributed by atoms with van der Waals surface area (Å²) in [7, 11) is 0. The van der Waals surface area contributed by atoms with Gasteiger partial charge in [0, 0.05) is 12.6 Å². The van der Waals surface area contributed by atoms with E-state index in [1.54, 1.807) is 4.90 Å². The van der Waals surface area contributed by atoms with E-state index in [-0.39, 0.29) is 24.6 Å². The van der Waals surface area contributed by atoms with Crippen LogP contribution in [0.5, 0.6) is 0 Å². The summed E-state index contributed by atoms with van der Waals surface area (Å²) in [5, 5.41) is 21.8. The molecule has 3 N–H and O–H groups in total. The normalized spacial score (nSPS) is 32.0. The summed E-state index contributed by atoms with van der Waals surface area (Å²) in [5.41, 5.74) is -0.406. The maximum Gasteiger partial charge on any atom is 0.318 e. The predicted molar refractivity (Wildman–Crippen MR) is 82.6 cm³/mol. The number of aliphatic carboxylic acids is 1. The number of hydrogen-bond donors (Lipinski definition) is 3. The number of rotatable bonds is 5. The summed E-state index contributed by atoms with van der Waals surface area (Å²) in [6.07, 6.45) is 6.24. The third-order valence-electron chi connectivity index (χ3n) is 5.26. The second-order valence-electron chi connectivity index (χ2n) is 6.72. The lowest BCUT2D eigenvalue weighted by Crippen LogP contribution is -2.55. The fourth-order valence-electron chi connectivity index (χ4n) is 3.96. The quantitative estimate of drug-likeness (QED) is 0.724. The molecule has 1 unspecified atom stereocenters. The average molecular weight is 312 g/mol. The van der Waals surface area contributed by atoms with Crippen LogP contribution >= 0.6 is 0 Å². The topological polar surface area (TPSA) is 89.9 Å². The number of carbonyl (C=O) groups excluding carboxylic acids is 1. The van der Waals surface area contributed by atoms with Crippen molar-refractivity contribution in [3.05, 3.63) is 0 Å². The lowest BCUT2D eigenvalue weighted by Gasteiger charge is -2.38. The molecule has 0 aromatic rings. The van der Waals surface area contributed by atoms with Gasteiger partial charge in [-0.1, -0.05) is 13.3 Å². The predicted octanol–water partition coefficient (Wildman–Crippen LogP) is 1.97. The van der Waals surface area contributed by atoms with Crippen molar-refractivity contribution in [3.63, 3.8) is 0 Å². The minimum atomic E-state index is -0.730. The van der Waals surface area contributed by atoms with Gasteiger partial charge in [-0.2, -0.15) is 0 Å². The molecule has 1 atom stereocenters. The van der Waals surface area contributed by atoms with Crippen molar-refractivity contribution in [3.8, 4) is 0 Å². The van der Waals surface area contributed by atoms with Crippen molar-refractivity contribution in [2.45, 2.75) is 69.9 Å². The van der Waals surface area contributed by atoms with Gasteiger partial charge >= 0.3 is 12.0 Å². The molecular formula is C16H28N2O4. The van der Waals surface area contributed by atoms with Crippen LogP contribution in [0.4, 0.5) is 4.79 Å². The van der Waals surface area contributed by atoms with Crippen molar-refractivity contribution in [2.75, 3.05) is 13.2 Å². The number of carboxylic acids is 1. The number of hydrogen-bond acceptors (Lipinski definition) is 3. The van der Waals surface area contributed by atoms with Gasteiger partial charge in [0.1, 0.15) is 0 Å². The Balaban J connectivity index is 1.90. The van der Waals surface area contributed by atoms with Gasteiger partial charge in [-0.3, -0.25) is 4.79 Å². The molecule has 126 valence electrons. The zero-order valence-corrected chi connectivity index (χ0v) is 13.4. The summed E-state index contributed by atoms with van der Waals surface area (Å²) in [6, 6.07) is -0.0412. The van der Waals surface area contributed by atoms with Gasteiger partial charge in [0.25, 0.3) is 0 Å². The third kappa shape index (κ3) is 3.54. The molecule has 0 aromatic heterocycles. The highest BCUT2D eigenvalue weighted by Gasteiger charge is 2.43. The zero-order valence-electron chi connectivity index (χ0n) is 13.4. The number of carbonyl (C=O) groups is 2. The molecule has 2 aliphatic rings. The van der Waals surface area contributed by atoms with E-state index in [2.05, 4.69) is 12.2 Å². The Morgan fingerprint density at radius 3 is 2.50 bits per heavy atom. The Morgan fingerprint density at radius 1 is 1.27 bits per heavy atom. The van der Waals surface area contributed by atoms with Crippen LogP contribution in [-0.4, -0.2) is 51.8 Å². The lowest BCUT2D eigenvalue weighted by molar-refractivity contribution is -0.142. The number of carboxylic acid groups (broad SMARTS) is 1. The van der Waals surface area contributed by atoms with Crippen LogP contribution in [0, 0.1) is 5.92 Å². The van der Waals surface area contributed by atoms with Crippen LogP contribution in [0.1, 0.15) is 58.3 Å². The van der Waals surface area contributed by atoms with Gasteiger partial charge in [-0.25, -0.2) is 4.79 Å². The Morgan fingerprint density at radius 2 is 1.95 bits per heavy atom. The Hall–Kier alpha value is -1.30. The van der Waals surface area contributed by atoms with Crippen molar-refractivity contribution in [1.82, 2.24) is 10.2 Å². The first-order chi connectivity index (χ1) is 10.5. The van der Waals surface area contributed by atoms with Crippen molar-refractivity contribution in [2.24, 2.45) is 5.92 Å². The van der Waals surface area contributed by atoms with E-state index < -0.39 is 11.5 Å². The van der Waals surface area contributed by atoms with Gasteiger partial charge < -0.3 is 20.4 Å². The first kappa shape index (κ1) is 17.1. The molecule has 6 heteroatoms. The van der Waals surface area contributed by atoms with Crippen LogP contribution in [0.15, 0.2) is 0 Å². The van der Waals surface area contributed by atoms with E-state index in [4.69, 9.17) is 5.11 Å². The van der Waals surface area contributed by atoms with Crippen LogP contribution in [0.25, 0.3) is 0 Å². The molecule has 1 heterocycles. The second kappa shape index (κ2) is 7.31. The van der Waals surface area contributed by atoms with Crippen LogP contribution in [0.2, 0.25) is 0 Å². The van der Waals surface area contributed by atoms with Gasteiger partial charge in [0.05, 0.1) is 18.1 Å². The monoisotopic (exact) mass is 312 g/mol. The Bertz CT molecular complexity index is 407. The summed E-state index contributed by atoms with van der Waals surface area (Å²) in [4.78, 5) is 25.3. The van der Waals surface area contributed by atoms with Crippen molar-refractivity contribution in [1.29, 1.82) is 0 Å². The third-order valence-corrected chi connectivity index (χ3v) is 5.26. The maximum absolute atomic E-state index is 12.6. The van der Waals surface area contributed by atoms with E-state index >= 15 is 0 Å². The van der Waals surface area contributed by atoms with E-state index in [0.29, 0.717) is 19.4 Å². The maximum atomic E-state index is 12.6. The molecule has 0 radical (unpaired) electrons. The molecule has 2 rings (SSSR count). The van der Waals surface area contributed by atoms with Crippen LogP contribution in [-0.2, 0) is 4.79 Å². The van der Waals surface area contributed by atoms with Crippen molar-refractivity contribution < 1.29 is 19.8 Å². The molecule has 2 fully saturated rings. The smallest absolute Gasteiger partial charge is 0.318 e. The standard InChI is InChI=1S/C16H28N2O4/c1-2-8-16(11-19)9-3-10-18(16)15(22)17-13-6-4-12(5-7-13)14(20)21/h12-13,19H,2-11H2,1H3,(H,17,22)(H,20,21). The highest BCUT2D eigenvalue weighted by Crippen LogP contribution is 2.33. The number of aliphatic hydroxyl groups is 1. The summed E-state index contributed by atoms with van der Waals surface area (Å²) in [6.45, 7) is 2.77. The lowest BCUT2D eigenvalue weighted by atomic mass is 9.86. The number of amides is 2. The average Bonchev–Trinajstić information content (AvgIpc) is 2.92. The van der Waals surface area contributed by atoms with Gasteiger partial charge in [0.2, 0.25) is 0 Å². The van der Waals surface area contributed by atoms with E-state index in [9.17, 15) is 14.7 Å². The number of likely N-dealkylation sites (tertiary alicyclic amines) is 1. The van der Waals surface area contributed by atoms with Crippen molar-refractivity contribution >= 4 is 12.0 Å². The molecule has 22 heavy (non-hydrogen) atoms. The van der Waals surface area contributed by atoms with Crippen LogP contribution < -0.4 is 5.32 Å². The number of urea groups is 1. The summed E-state index contributed by atoms with van der Waals surface area (Å²) < 4.78 is 0. The molecule has 0 aromatic carbocycles. The highest BCUT2D eigenvalue weighted by molar-refractivity contribution is 5.76. The fraction of sp³-hybridized carbons (Fsp3) is 0.875. The fourth-order valence-corrected chi connectivity index (χ4v) is 3.96. The molecule has 1 aliphatic heterocycles. The van der Waals surface area contributed by atoms with Gasteiger partial charge in [0.15, 0.2) is 0 Å². The molecule has 1 saturated heterocycles. The molecule has 0 spiro atoms. The summed E-state index contributed by atoms with van der Waals surface area (Å²) >= 11 is 0.